The van der Waals surface area contributed by atoms with E-state index in [1.807, 2.05) is 0 Å². The van der Waals surface area contributed by atoms with E-state index in [4.69, 9.17) is 0 Å². The Bertz CT molecular complexity index is 4150. The minimum Gasteiger partial charge on any atom is -0.309 e. The molecule has 280 valence electrons. The fraction of sp³-hybridized carbons (Fsp3) is 0. The first kappa shape index (κ1) is 32.9. The van der Waals surface area contributed by atoms with Gasteiger partial charge in [0.2, 0.25) is 0 Å². The van der Waals surface area contributed by atoms with E-state index in [9.17, 15) is 0 Å². The Kier molecular flexibility index (Phi) is 6.62. The van der Waals surface area contributed by atoms with Crippen LogP contribution in [0.4, 0.5) is 0 Å². The maximum atomic E-state index is 2.54. The molecular weight excluding hydrogens is 735 g/mol. The number of hydrogen-bond donors (Lipinski definition) is 0. The second-order valence-electron chi connectivity index (χ2n) is 16.7. The van der Waals surface area contributed by atoms with Gasteiger partial charge in [0.25, 0.3) is 0 Å². The predicted octanol–water partition coefficient (Wildman–Crippen LogP) is 16.8. The van der Waals surface area contributed by atoms with Gasteiger partial charge in [-0.25, -0.2) is 0 Å². The highest BCUT2D eigenvalue weighted by molar-refractivity contribution is 6.38. The zero-order valence-electron chi connectivity index (χ0n) is 33.2. The third kappa shape index (κ3) is 4.45. The Morgan fingerprint density at radius 3 is 1.18 bits per heavy atom. The standard InChI is InChI=1S/C60H35N/c1-3-19-42-38(15-1)40-17-5-7-21-44(40)54-33-36(29-31-48(42)54)53-35-56-47-24-10-12-26-51(47)60-59(58(56)50-25-11-9-23-46(50)53)52-27-13-14-28-57(52)61(60)37-30-32-49-43-20-4-2-16-39(43)41-18-6-8-22-45(41)55(49)34-37/h1-35H. The molecule has 14 rings (SSSR count). The van der Waals surface area contributed by atoms with Crippen LogP contribution in [0.5, 0.6) is 0 Å². The third-order valence-electron chi connectivity index (χ3n) is 13.7. The lowest BCUT2D eigenvalue weighted by atomic mass is 9.87. The van der Waals surface area contributed by atoms with Crippen LogP contribution in [0.25, 0.3) is 136 Å². The van der Waals surface area contributed by atoms with Crippen LogP contribution in [0.2, 0.25) is 0 Å². The van der Waals surface area contributed by atoms with E-state index >= 15 is 0 Å². The van der Waals surface area contributed by atoms with Gasteiger partial charge < -0.3 is 4.57 Å². The molecule has 0 aliphatic carbocycles. The first-order valence-corrected chi connectivity index (χ1v) is 21.3. The Labute approximate surface area is 350 Å². The number of aromatic nitrogens is 1. The first-order chi connectivity index (χ1) is 30.3. The summed E-state index contributed by atoms with van der Waals surface area (Å²) in [7, 11) is 0. The molecule has 0 saturated heterocycles. The maximum Gasteiger partial charge on any atom is 0.0626 e. The van der Waals surface area contributed by atoms with E-state index < -0.39 is 0 Å². The summed E-state index contributed by atoms with van der Waals surface area (Å²) in [5.74, 6) is 0. The van der Waals surface area contributed by atoms with Gasteiger partial charge in [-0.1, -0.05) is 182 Å². The van der Waals surface area contributed by atoms with Gasteiger partial charge in [0.15, 0.2) is 0 Å². The molecule has 61 heavy (non-hydrogen) atoms. The van der Waals surface area contributed by atoms with Crippen LogP contribution in [-0.4, -0.2) is 4.57 Å². The molecule has 0 fully saturated rings. The number of fused-ring (bicyclic) bond motifs is 22. The average molecular weight is 770 g/mol. The molecule has 14 aromatic rings. The number of rotatable bonds is 2. The molecule has 13 aromatic carbocycles. The molecule has 0 radical (unpaired) electrons. The van der Waals surface area contributed by atoms with Gasteiger partial charge in [-0.15, -0.1) is 0 Å². The Morgan fingerprint density at radius 1 is 0.230 bits per heavy atom. The van der Waals surface area contributed by atoms with Gasteiger partial charge in [0.1, 0.15) is 0 Å². The highest BCUT2D eigenvalue weighted by Crippen LogP contribution is 2.48. The van der Waals surface area contributed by atoms with Crippen molar-refractivity contribution in [1.29, 1.82) is 0 Å². The molecule has 0 amide bonds. The highest BCUT2D eigenvalue weighted by atomic mass is 15.0. The molecule has 1 nitrogen and oxygen atoms in total. The molecule has 1 aromatic heterocycles. The van der Waals surface area contributed by atoms with Crippen molar-refractivity contribution in [3.8, 4) is 16.8 Å². The zero-order chi connectivity index (χ0) is 39.8. The molecule has 0 atom stereocenters. The van der Waals surface area contributed by atoms with Crippen molar-refractivity contribution < 1.29 is 0 Å². The van der Waals surface area contributed by atoms with E-state index in [0.29, 0.717) is 0 Å². The minimum absolute atomic E-state index is 1.17. The Balaban J connectivity index is 1.11. The second-order valence-corrected chi connectivity index (χ2v) is 16.7. The summed E-state index contributed by atoms with van der Waals surface area (Å²) in [4.78, 5) is 0. The fourth-order valence-corrected chi connectivity index (χ4v) is 11.1. The van der Waals surface area contributed by atoms with Crippen LogP contribution in [0, 0.1) is 0 Å². The van der Waals surface area contributed by atoms with E-state index in [2.05, 4.69) is 217 Å². The zero-order valence-corrected chi connectivity index (χ0v) is 33.2. The summed E-state index contributed by atoms with van der Waals surface area (Å²) in [6.45, 7) is 0. The van der Waals surface area contributed by atoms with Crippen molar-refractivity contribution in [2.45, 2.75) is 0 Å². The van der Waals surface area contributed by atoms with E-state index in [1.165, 1.54) is 136 Å². The number of hydrogen-bond acceptors (Lipinski definition) is 0. The summed E-state index contributed by atoms with van der Waals surface area (Å²) >= 11 is 0. The lowest BCUT2D eigenvalue weighted by Gasteiger charge is -2.17. The number of para-hydroxylation sites is 1. The summed E-state index contributed by atoms with van der Waals surface area (Å²) in [6, 6.07) is 79.4. The van der Waals surface area contributed by atoms with Gasteiger partial charge in [0, 0.05) is 27.2 Å². The Morgan fingerprint density at radius 2 is 0.623 bits per heavy atom. The van der Waals surface area contributed by atoms with Gasteiger partial charge >= 0.3 is 0 Å². The molecular formula is C60H35N. The topological polar surface area (TPSA) is 4.93 Å². The molecule has 1 heteroatoms. The van der Waals surface area contributed by atoms with Crippen molar-refractivity contribution >= 4 is 119 Å². The van der Waals surface area contributed by atoms with Crippen LogP contribution in [0.15, 0.2) is 212 Å². The van der Waals surface area contributed by atoms with Crippen LogP contribution in [0.1, 0.15) is 0 Å². The first-order valence-electron chi connectivity index (χ1n) is 21.3. The molecule has 0 saturated carbocycles. The molecule has 0 aliphatic rings. The van der Waals surface area contributed by atoms with E-state index in [0.717, 1.165) is 0 Å². The largest absolute Gasteiger partial charge is 0.309 e. The second kappa shape index (κ2) is 12.3. The van der Waals surface area contributed by atoms with Crippen molar-refractivity contribution in [3.63, 3.8) is 0 Å². The van der Waals surface area contributed by atoms with Crippen molar-refractivity contribution in [1.82, 2.24) is 4.57 Å². The molecule has 0 unspecified atom stereocenters. The van der Waals surface area contributed by atoms with E-state index in [-0.39, 0.29) is 0 Å². The van der Waals surface area contributed by atoms with Crippen LogP contribution in [-0.2, 0) is 0 Å². The summed E-state index contributed by atoms with van der Waals surface area (Å²) in [6.07, 6.45) is 0. The smallest absolute Gasteiger partial charge is 0.0626 e. The maximum absolute atomic E-state index is 2.54. The fourth-order valence-electron chi connectivity index (χ4n) is 11.1. The van der Waals surface area contributed by atoms with Crippen molar-refractivity contribution in [2.24, 2.45) is 0 Å². The van der Waals surface area contributed by atoms with Crippen LogP contribution in [0.3, 0.4) is 0 Å². The quantitative estimate of drug-likeness (QED) is 0.154. The van der Waals surface area contributed by atoms with Crippen molar-refractivity contribution in [3.05, 3.63) is 212 Å². The minimum atomic E-state index is 1.17. The average Bonchev–Trinajstić information content (AvgIpc) is 3.69. The van der Waals surface area contributed by atoms with Crippen molar-refractivity contribution in [2.75, 3.05) is 0 Å². The lowest BCUT2D eigenvalue weighted by molar-refractivity contribution is 1.19. The molecule has 0 aliphatic heterocycles. The van der Waals surface area contributed by atoms with Gasteiger partial charge in [-0.05, 0) is 128 Å². The molecule has 0 bridgehead atoms. The van der Waals surface area contributed by atoms with Crippen LogP contribution < -0.4 is 0 Å². The molecule has 1 heterocycles. The number of benzene rings is 13. The predicted molar refractivity (Wildman–Crippen MR) is 264 cm³/mol. The summed E-state index contributed by atoms with van der Waals surface area (Å²) in [5, 5.41) is 25.6. The number of nitrogens with zero attached hydrogens (tertiary/aromatic N) is 1. The third-order valence-corrected chi connectivity index (χ3v) is 13.7. The van der Waals surface area contributed by atoms with Gasteiger partial charge in [-0.3, -0.25) is 0 Å². The normalized spacial score (nSPS) is 12.3. The summed E-state index contributed by atoms with van der Waals surface area (Å²) < 4.78 is 2.54. The van der Waals surface area contributed by atoms with Crippen LogP contribution >= 0.6 is 0 Å². The SMILES string of the molecule is c1ccc2c(c1)c(-c1ccc3c4ccccc4c4ccccc4c3c1)cc1c3ccccc3c3c(c4ccccc4n3-c3ccc4c5ccccc5c5ccccc5c4c3)c21. The highest BCUT2D eigenvalue weighted by Gasteiger charge is 2.22. The lowest BCUT2D eigenvalue weighted by Crippen LogP contribution is -1.96. The van der Waals surface area contributed by atoms with E-state index in [1.54, 1.807) is 0 Å². The monoisotopic (exact) mass is 769 g/mol. The molecule has 0 spiro atoms. The van der Waals surface area contributed by atoms with Gasteiger partial charge in [-0.2, -0.15) is 0 Å². The molecule has 0 N–H and O–H groups in total. The summed E-state index contributed by atoms with van der Waals surface area (Å²) in [5.41, 5.74) is 6.11. The van der Waals surface area contributed by atoms with Gasteiger partial charge in [0.05, 0.1) is 11.0 Å². The Hall–Kier alpha value is -8.00.